The van der Waals surface area contributed by atoms with Crippen LogP contribution >= 0.6 is 0 Å². The summed E-state index contributed by atoms with van der Waals surface area (Å²) in [4.78, 5) is 23.0. The predicted molar refractivity (Wildman–Crippen MR) is 69.7 cm³/mol. The molecule has 18 heavy (non-hydrogen) atoms. The molecule has 0 unspecified atom stereocenters. The number of fused-ring (bicyclic) bond motifs is 1. The highest BCUT2D eigenvalue weighted by molar-refractivity contribution is 6.50. The summed E-state index contributed by atoms with van der Waals surface area (Å²) in [5, 5.41) is 9.80. The van der Waals surface area contributed by atoms with Gasteiger partial charge in [-0.25, -0.2) is 0 Å². The van der Waals surface area contributed by atoms with Gasteiger partial charge < -0.3 is 5.11 Å². The Morgan fingerprint density at radius 1 is 1.17 bits per heavy atom. The third kappa shape index (κ3) is 1.86. The minimum absolute atomic E-state index is 0.0280. The number of allylic oxidation sites excluding steroid dienone is 1. The smallest absolute Gasteiger partial charge is 0.233 e. The number of hydrogen-bond donors (Lipinski definition) is 1. The number of carbonyl (C=O) groups is 2. The van der Waals surface area contributed by atoms with Crippen molar-refractivity contribution in [1.29, 1.82) is 0 Å². The lowest BCUT2D eigenvalue weighted by Gasteiger charge is -2.25. The fourth-order valence-electron chi connectivity index (χ4n) is 1.98. The molecule has 3 nitrogen and oxygen atoms in total. The lowest BCUT2D eigenvalue weighted by Crippen LogP contribution is -2.21. The molecule has 0 fully saturated rings. The molecule has 0 aliphatic heterocycles. The highest BCUT2D eigenvalue weighted by atomic mass is 16.3. The SMILES string of the molecule is CCC(C)(C)c1ccc2c(c1)C(O)=CC(=O)C2=O. The summed E-state index contributed by atoms with van der Waals surface area (Å²) < 4.78 is 0. The molecule has 1 aliphatic rings. The summed E-state index contributed by atoms with van der Waals surface area (Å²) in [5.74, 6) is -1.34. The van der Waals surface area contributed by atoms with Crippen LogP contribution < -0.4 is 0 Å². The molecule has 0 saturated heterocycles. The van der Waals surface area contributed by atoms with Crippen LogP contribution in [0.1, 0.15) is 48.7 Å². The third-order valence-corrected chi connectivity index (χ3v) is 3.70. The van der Waals surface area contributed by atoms with E-state index < -0.39 is 11.6 Å². The van der Waals surface area contributed by atoms with Gasteiger partial charge in [0.05, 0.1) is 0 Å². The minimum atomic E-state index is -0.664. The Balaban J connectivity index is 2.60. The van der Waals surface area contributed by atoms with Crippen LogP contribution in [0.2, 0.25) is 0 Å². The molecule has 1 aliphatic carbocycles. The lowest BCUT2D eigenvalue weighted by molar-refractivity contribution is -0.111. The Kier molecular flexibility index (Phi) is 2.85. The first-order chi connectivity index (χ1) is 8.36. The number of aliphatic hydroxyl groups excluding tert-OH is 1. The number of hydrogen-bond acceptors (Lipinski definition) is 3. The van der Waals surface area contributed by atoms with E-state index in [-0.39, 0.29) is 16.7 Å². The van der Waals surface area contributed by atoms with Gasteiger partial charge in [-0.15, -0.1) is 0 Å². The Bertz CT molecular complexity index is 565. The maximum Gasteiger partial charge on any atom is 0.233 e. The average molecular weight is 244 g/mol. The number of carbonyl (C=O) groups excluding carboxylic acids is 2. The van der Waals surface area contributed by atoms with Gasteiger partial charge in [0.25, 0.3) is 0 Å². The summed E-state index contributed by atoms with van der Waals surface area (Å²) in [5.41, 5.74) is 1.76. The number of ketones is 2. The van der Waals surface area contributed by atoms with Gasteiger partial charge in [0.1, 0.15) is 5.76 Å². The van der Waals surface area contributed by atoms with Crippen molar-refractivity contribution in [2.24, 2.45) is 0 Å². The highest BCUT2D eigenvalue weighted by Gasteiger charge is 2.27. The van der Waals surface area contributed by atoms with Gasteiger partial charge in [0.2, 0.25) is 11.6 Å². The van der Waals surface area contributed by atoms with Crippen LogP contribution in [0.4, 0.5) is 0 Å². The van der Waals surface area contributed by atoms with Crippen molar-refractivity contribution in [3.63, 3.8) is 0 Å². The summed E-state index contributed by atoms with van der Waals surface area (Å²) in [6, 6.07) is 5.28. The van der Waals surface area contributed by atoms with Crippen LogP contribution in [0, 0.1) is 0 Å². The summed E-state index contributed by atoms with van der Waals surface area (Å²) in [7, 11) is 0. The molecule has 1 aromatic carbocycles. The number of benzene rings is 1. The lowest BCUT2D eigenvalue weighted by atomic mass is 9.79. The van der Waals surface area contributed by atoms with Crippen molar-refractivity contribution in [3.8, 4) is 0 Å². The normalized spacial score (nSPS) is 15.4. The van der Waals surface area contributed by atoms with Crippen LogP contribution in [-0.4, -0.2) is 16.7 Å². The molecule has 2 rings (SSSR count). The Morgan fingerprint density at radius 2 is 1.83 bits per heavy atom. The molecule has 1 aromatic rings. The summed E-state index contributed by atoms with van der Waals surface area (Å²) in [6.07, 6.45) is 1.94. The predicted octanol–water partition coefficient (Wildman–Crippen LogP) is 3.04. The molecule has 0 aromatic heterocycles. The number of aliphatic hydroxyl groups is 1. The minimum Gasteiger partial charge on any atom is -0.507 e. The van der Waals surface area contributed by atoms with E-state index in [2.05, 4.69) is 20.8 Å². The van der Waals surface area contributed by atoms with Crippen LogP contribution in [0.25, 0.3) is 5.76 Å². The maximum absolute atomic E-state index is 11.7. The molecule has 0 saturated carbocycles. The molecule has 0 amide bonds. The van der Waals surface area contributed by atoms with Crippen molar-refractivity contribution in [3.05, 3.63) is 41.0 Å². The van der Waals surface area contributed by atoms with Crippen molar-refractivity contribution in [2.75, 3.05) is 0 Å². The van der Waals surface area contributed by atoms with Crippen molar-refractivity contribution >= 4 is 17.3 Å². The largest absolute Gasteiger partial charge is 0.507 e. The van der Waals surface area contributed by atoms with Crippen molar-refractivity contribution < 1.29 is 14.7 Å². The van der Waals surface area contributed by atoms with Crippen molar-refractivity contribution in [1.82, 2.24) is 0 Å². The van der Waals surface area contributed by atoms with E-state index in [4.69, 9.17) is 0 Å². The molecular weight excluding hydrogens is 228 g/mol. The van der Waals surface area contributed by atoms with E-state index in [0.29, 0.717) is 5.56 Å². The van der Waals surface area contributed by atoms with Crippen LogP contribution in [0.5, 0.6) is 0 Å². The average Bonchev–Trinajstić information content (AvgIpc) is 2.35. The quantitative estimate of drug-likeness (QED) is 0.813. The fraction of sp³-hybridized carbons (Fsp3) is 0.333. The zero-order valence-electron chi connectivity index (χ0n) is 10.8. The number of rotatable bonds is 2. The first kappa shape index (κ1) is 12.6. The summed E-state index contributed by atoms with van der Waals surface area (Å²) in [6.45, 7) is 6.29. The van der Waals surface area contributed by atoms with E-state index in [1.165, 1.54) is 0 Å². The second-order valence-corrected chi connectivity index (χ2v) is 5.22. The second kappa shape index (κ2) is 4.09. The van der Waals surface area contributed by atoms with Gasteiger partial charge in [-0.2, -0.15) is 0 Å². The molecule has 0 radical (unpaired) electrons. The highest BCUT2D eigenvalue weighted by Crippen LogP contribution is 2.31. The van der Waals surface area contributed by atoms with E-state index in [1.54, 1.807) is 12.1 Å². The fourth-order valence-corrected chi connectivity index (χ4v) is 1.98. The van der Waals surface area contributed by atoms with E-state index in [9.17, 15) is 14.7 Å². The molecule has 94 valence electrons. The Labute approximate surface area is 106 Å². The van der Waals surface area contributed by atoms with Gasteiger partial charge in [-0.3, -0.25) is 9.59 Å². The molecule has 0 bridgehead atoms. The molecular formula is C15H16O3. The number of Topliss-reactive ketones (excluding diaryl/α,β-unsaturated/α-hetero) is 1. The van der Waals surface area contributed by atoms with Gasteiger partial charge in [-0.1, -0.05) is 26.8 Å². The van der Waals surface area contributed by atoms with Crippen LogP contribution in [0.3, 0.4) is 0 Å². The molecule has 1 N–H and O–H groups in total. The van der Waals surface area contributed by atoms with Crippen molar-refractivity contribution in [2.45, 2.75) is 32.6 Å². The van der Waals surface area contributed by atoms with Crippen LogP contribution in [-0.2, 0) is 10.2 Å². The van der Waals surface area contributed by atoms with Gasteiger partial charge in [0.15, 0.2) is 0 Å². The van der Waals surface area contributed by atoms with E-state index in [1.807, 2.05) is 6.07 Å². The first-order valence-corrected chi connectivity index (χ1v) is 6.01. The van der Waals surface area contributed by atoms with Gasteiger partial charge in [0, 0.05) is 17.2 Å². The monoisotopic (exact) mass is 244 g/mol. The summed E-state index contributed by atoms with van der Waals surface area (Å²) >= 11 is 0. The van der Waals surface area contributed by atoms with E-state index >= 15 is 0 Å². The maximum atomic E-state index is 11.7. The zero-order valence-corrected chi connectivity index (χ0v) is 10.8. The standard InChI is InChI=1S/C15H16O3/c1-4-15(2,3)9-5-6-10-11(7-9)12(16)8-13(17)14(10)18/h5-8,16H,4H2,1-3H3. The topological polar surface area (TPSA) is 54.4 Å². The molecule has 3 heteroatoms. The second-order valence-electron chi connectivity index (χ2n) is 5.22. The van der Waals surface area contributed by atoms with Gasteiger partial charge in [-0.05, 0) is 29.5 Å². The molecule has 0 spiro atoms. The zero-order chi connectivity index (χ0) is 13.5. The van der Waals surface area contributed by atoms with Crippen LogP contribution in [0.15, 0.2) is 24.3 Å². The molecule has 0 heterocycles. The van der Waals surface area contributed by atoms with Gasteiger partial charge >= 0.3 is 0 Å². The third-order valence-electron chi connectivity index (χ3n) is 3.70. The first-order valence-electron chi connectivity index (χ1n) is 6.01. The molecule has 0 atom stereocenters. The van der Waals surface area contributed by atoms with E-state index in [0.717, 1.165) is 18.1 Å². The Hall–Kier alpha value is -1.90. The Morgan fingerprint density at radius 3 is 2.44 bits per heavy atom.